The Hall–Kier alpha value is -1.59. The summed E-state index contributed by atoms with van der Waals surface area (Å²) in [4.78, 5) is 14.7. The average Bonchev–Trinajstić information content (AvgIpc) is 3.11. The molecule has 120 valence electrons. The quantitative estimate of drug-likeness (QED) is 0.847. The normalized spacial score (nSPS) is 24.1. The Bertz CT molecular complexity index is 492. The third kappa shape index (κ3) is 3.78. The summed E-state index contributed by atoms with van der Waals surface area (Å²) in [5.74, 6) is 1.19. The molecule has 1 amide bonds. The highest BCUT2D eigenvalue weighted by Gasteiger charge is 2.26. The van der Waals surface area contributed by atoms with Crippen LogP contribution < -0.4 is 5.32 Å². The van der Waals surface area contributed by atoms with E-state index in [1.807, 2.05) is 12.1 Å². The first-order valence-electron chi connectivity index (χ1n) is 8.12. The highest BCUT2D eigenvalue weighted by molar-refractivity contribution is 5.79. The van der Waals surface area contributed by atoms with Crippen LogP contribution in [0.15, 0.2) is 35.0 Å². The molecular formula is C17H24N2O3. The molecule has 1 aromatic heterocycles. The number of rotatable bonds is 5. The molecule has 22 heavy (non-hydrogen) atoms. The molecule has 0 aromatic carbocycles. The fraction of sp³-hybridized carbons (Fsp3) is 0.588. The van der Waals surface area contributed by atoms with E-state index in [0.717, 1.165) is 51.3 Å². The van der Waals surface area contributed by atoms with E-state index in [1.54, 1.807) is 6.26 Å². The van der Waals surface area contributed by atoms with Gasteiger partial charge in [-0.2, -0.15) is 0 Å². The van der Waals surface area contributed by atoms with Crippen molar-refractivity contribution in [1.29, 1.82) is 0 Å². The predicted molar refractivity (Wildman–Crippen MR) is 83.3 cm³/mol. The highest BCUT2D eigenvalue weighted by atomic mass is 16.5. The van der Waals surface area contributed by atoms with Gasteiger partial charge in [-0.25, -0.2) is 0 Å². The third-order valence-electron chi connectivity index (χ3n) is 4.47. The molecule has 1 N–H and O–H groups in total. The molecule has 2 aliphatic rings. The van der Waals surface area contributed by atoms with Crippen molar-refractivity contribution in [2.75, 3.05) is 32.8 Å². The summed E-state index contributed by atoms with van der Waals surface area (Å²) in [5, 5.41) is 3.12. The van der Waals surface area contributed by atoms with Crippen molar-refractivity contribution in [3.05, 3.63) is 36.3 Å². The number of ether oxygens (including phenoxy) is 1. The molecular weight excluding hydrogens is 280 g/mol. The summed E-state index contributed by atoms with van der Waals surface area (Å²) < 4.78 is 11.0. The van der Waals surface area contributed by atoms with Crippen molar-refractivity contribution >= 4 is 5.91 Å². The van der Waals surface area contributed by atoms with Crippen LogP contribution in [-0.4, -0.2) is 43.7 Å². The van der Waals surface area contributed by atoms with Crippen molar-refractivity contribution in [3.63, 3.8) is 0 Å². The predicted octanol–water partition coefficient (Wildman–Crippen LogP) is 2.13. The smallest absolute Gasteiger partial charge is 0.223 e. The summed E-state index contributed by atoms with van der Waals surface area (Å²) in [7, 11) is 0. The van der Waals surface area contributed by atoms with E-state index in [-0.39, 0.29) is 17.9 Å². The summed E-state index contributed by atoms with van der Waals surface area (Å²) in [5.41, 5.74) is 0. The molecule has 2 atom stereocenters. The first-order valence-corrected chi connectivity index (χ1v) is 8.12. The van der Waals surface area contributed by atoms with Crippen molar-refractivity contribution in [1.82, 2.24) is 10.2 Å². The standard InChI is InChI=1S/C17H24N2O3/c20-17(14-5-2-1-3-6-14)18-13-15(16-7-4-10-22-16)19-8-11-21-12-9-19/h1-2,4,7,10,14-15H,3,5-6,8-9,11-13H2,(H,18,20)/t14-,15-/m1/s1. The van der Waals surface area contributed by atoms with Gasteiger partial charge in [0, 0.05) is 25.6 Å². The van der Waals surface area contributed by atoms with Crippen LogP contribution in [0.2, 0.25) is 0 Å². The molecule has 5 heteroatoms. The molecule has 2 heterocycles. The molecule has 1 saturated heterocycles. The number of hydrogen-bond donors (Lipinski definition) is 1. The van der Waals surface area contributed by atoms with E-state index in [4.69, 9.17) is 9.15 Å². The van der Waals surface area contributed by atoms with Gasteiger partial charge in [0.05, 0.1) is 25.5 Å². The van der Waals surface area contributed by atoms with Gasteiger partial charge in [0.15, 0.2) is 0 Å². The SMILES string of the molecule is O=C(NC[C@H](c1ccco1)N1CCOCC1)[C@@H]1CC=CCC1. The van der Waals surface area contributed by atoms with Gasteiger partial charge >= 0.3 is 0 Å². The lowest BCUT2D eigenvalue weighted by Crippen LogP contribution is -2.44. The molecule has 0 saturated carbocycles. The van der Waals surface area contributed by atoms with E-state index in [1.165, 1.54) is 0 Å². The zero-order chi connectivity index (χ0) is 15.2. The number of allylic oxidation sites excluding steroid dienone is 2. The minimum atomic E-state index is 0.0852. The Balaban J connectivity index is 1.60. The van der Waals surface area contributed by atoms with E-state index in [9.17, 15) is 4.79 Å². The van der Waals surface area contributed by atoms with Crippen LogP contribution in [0.3, 0.4) is 0 Å². The molecule has 0 radical (unpaired) electrons. The number of carbonyl (C=O) groups is 1. The number of carbonyl (C=O) groups excluding carboxylic acids is 1. The third-order valence-corrected chi connectivity index (χ3v) is 4.47. The molecule has 0 spiro atoms. The first-order chi connectivity index (χ1) is 10.8. The molecule has 5 nitrogen and oxygen atoms in total. The second-order valence-electron chi connectivity index (χ2n) is 5.91. The van der Waals surface area contributed by atoms with Gasteiger partial charge in [-0.3, -0.25) is 9.69 Å². The van der Waals surface area contributed by atoms with Gasteiger partial charge in [-0.05, 0) is 31.4 Å². The van der Waals surface area contributed by atoms with E-state index < -0.39 is 0 Å². The molecule has 1 aliphatic carbocycles. The Morgan fingerprint density at radius 3 is 2.91 bits per heavy atom. The van der Waals surface area contributed by atoms with Gasteiger partial charge in [-0.15, -0.1) is 0 Å². The lowest BCUT2D eigenvalue weighted by atomic mass is 9.93. The summed E-state index contributed by atoms with van der Waals surface area (Å²) in [6.07, 6.45) is 8.77. The zero-order valence-electron chi connectivity index (χ0n) is 12.9. The molecule has 1 fully saturated rings. The Labute approximate surface area is 131 Å². The number of hydrogen-bond acceptors (Lipinski definition) is 4. The fourth-order valence-corrected chi connectivity index (χ4v) is 3.15. The number of amides is 1. The van der Waals surface area contributed by atoms with Crippen LogP contribution in [0.1, 0.15) is 31.1 Å². The maximum absolute atomic E-state index is 12.3. The molecule has 0 bridgehead atoms. The minimum absolute atomic E-state index is 0.0852. The number of nitrogens with zero attached hydrogens (tertiary/aromatic N) is 1. The number of morpholine rings is 1. The van der Waals surface area contributed by atoms with Crippen LogP contribution in [0.25, 0.3) is 0 Å². The Morgan fingerprint density at radius 1 is 1.36 bits per heavy atom. The summed E-state index contributed by atoms with van der Waals surface area (Å²) >= 11 is 0. The van der Waals surface area contributed by atoms with Crippen molar-refractivity contribution in [2.45, 2.75) is 25.3 Å². The maximum atomic E-state index is 12.3. The van der Waals surface area contributed by atoms with Gasteiger partial charge in [-0.1, -0.05) is 12.2 Å². The fourth-order valence-electron chi connectivity index (χ4n) is 3.15. The maximum Gasteiger partial charge on any atom is 0.223 e. The number of furan rings is 1. The molecule has 1 aromatic rings. The van der Waals surface area contributed by atoms with Crippen molar-refractivity contribution in [2.24, 2.45) is 5.92 Å². The topological polar surface area (TPSA) is 54.7 Å². The second-order valence-corrected chi connectivity index (χ2v) is 5.91. The van der Waals surface area contributed by atoms with Gasteiger partial charge in [0.25, 0.3) is 0 Å². The lowest BCUT2D eigenvalue weighted by molar-refractivity contribution is -0.125. The molecule has 3 rings (SSSR count). The van der Waals surface area contributed by atoms with Gasteiger partial charge in [0.2, 0.25) is 5.91 Å². The van der Waals surface area contributed by atoms with Crippen molar-refractivity contribution in [3.8, 4) is 0 Å². The first kappa shape index (κ1) is 15.3. The monoisotopic (exact) mass is 304 g/mol. The van der Waals surface area contributed by atoms with Gasteiger partial charge < -0.3 is 14.5 Å². The van der Waals surface area contributed by atoms with Crippen LogP contribution >= 0.6 is 0 Å². The zero-order valence-corrected chi connectivity index (χ0v) is 12.9. The molecule has 0 unspecified atom stereocenters. The summed E-state index contributed by atoms with van der Waals surface area (Å²) in [6.45, 7) is 3.80. The van der Waals surface area contributed by atoms with Crippen LogP contribution in [0.4, 0.5) is 0 Å². The summed E-state index contributed by atoms with van der Waals surface area (Å²) in [6, 6.07) is 3.97. The number of nitrogens with one attached hydrogen (secondary N) is 1. The minimum Gasteiger partial charge on any atom is -0.468 e. The van der Waals surface area contributed by atoms with E-state index in [2.05, 4.69) is 22.4 Å². The second kappa shape index (κ2) is 7.61. The van der Waals surface area contributed by atoms with Crippen LogP contribution in [-0.2, 0) is 9.53 Å². The van der Waals surface area contributed by atoms with Crippen molar-refractivity contribution < 1.29 is 13.9 Å². The molecule has 1 aliphatic heterocycles. The van der Waals surface area contributed by atoms with Gasteiger partial charge in [0.1, 0.15) is 5.76 Å². The Kier molecular flexibility index (Phi) is 5.29. The van der Waals surface area contributed by atoms with E-state index >= 15 is 0 Å². The average molecular weight is 304 g/mol. The van der Waals surface area contributed by atoms with Crippen LogP contribution in [0, 0.1) is 5.92 Å². The van der Waals surface area contributed by atoms with E-state index in [0.29, 0.717) is 6.54 Å². The Morgan fingerprint density at radius 2 is 2.23 bits per heavy atom. The largest absolute Gasteiger partial charge is 0.468 e. The highest BCUT2D eigenvalue weighted by Crippen LogP contribution is 2.23. The van der Waals surface area contributed by atoms with Crippen LogP contribution in [0.5, 0.6) is 0 Å². The lowest BCUT2D eigenvalue weighted by Gasteiger charge is -2.33.